The van der Waals surface area contributed by atoms with Crippen LogP contribution in [0.5, 0.6) is 0 Å². The smallest absolute Gasteiger partial charge is 0.234 e. The van der Waals surface area contributed by atoms with Crippen molar-refractivity contribution in [1.82, 2.24) is 14.8 Å². The van der Waals surface area contributed by atoms with Crippen molar-refractivity contribution in [3.8, 4) is 17.1 Å². The number of nitrogens with zero attached hydrogens (tertiary/aromatic N) is 3. The van der Waals surface area contributed by atoms with Gasteiger partial charge in [-0.15, -0.1) is 10.2 Å². The molecule has 0 atom stereocenters. The van der Waals surface area contributed by atoms with Crippen molar-refractivity contribution in [3.05, 3.63) is 90.0 Å². The van der Waals surface area contributed by atoms with E-state index in [1.807, 2.05) is 59.2 Å². The molecule has 0 saturated carbocycles. The summed E-state index contributed by atoms with van der Waals surface area (Å²) in [6.07, 6.45) is 1.96. The van der Waals surface area contributed by atoms with Crippen LogP contribution in [0.2, 0.25) is 0 Å². The number of hydrogen-bond donors (Lipinski definition) is 1. The second kappa shape index (κ2) is 10.3. The summed E-state index contributed by atoms with van der Waals surface area (Å²) in [4.78, 5) is 12.6. The number of aromatic nitrogens is 3. The third-order valence-electron chi connectivity index (χ3n) is 5.25. The van der Waals surface area contributed by atoms with Gasteiger partial charge in [-0.05, 0) is 48.2 Å². The first-order valence-electron chi connectivity index (χ1n) is 10.8. The second-order valence-electron chi connectivity index (χ2n) is 7.41. The van der Waals surface area contributed by atoms with Crippen LogP contribution in [0.3, 0.4) is 0 Å². The van der Waals surface area contributed by atoms with Gasteiger partial charge in [-0.3, -0.25) is 9.36 Å². The standard InChI is InChI=1S/C26H26N4OS/c1-3-19-10-14-22(15-11-19)27-24(31)18-32-26-29-28-25(21-8-6-5-7-9-21)30(26)23-16-12-20(4-2)13-17-23/h5-17H,3-4,18H2,1-2H3,(H,27,31). The largest absolute Gasteiger partial charge is 0.325 e. The maximum absolute atomic E-state index is 12.6. The van der Waals surface area contributed by atoms with Gasteiger partial charge in [0.05, 0.1) is 5.75 Å². The molecule has 1 N–H and O–H groups in total. The Balaban J connectivity index is 1.56. The summed E-state index contributed by atoms with van der Waals surface area (Å²) < 4.78 is 2.02. The van der Waals surface area contributed by atoms with Gasteiger partial charge in [-0.1, -0.05) is 80.2 Å². The topological polar surface area (TPSA) is 59.8 Å². The molecule has 0 radical (unpaired) electrons. The molecule has 0 spiro atoms. The number of carbonyl (C=O) groups is 1. The minimum atomic E-state index is -0.0728. The molecule has 32 heavy (non-hydrogen) atoms. The molecule has 3 aromatic carbocycles. The van der Waals surface area contributed by atoms with Crippen LogP contribution in [0.4, 0.5) is 5.69 Å². The molecule has 0 aliphatic rings. The van der Waals surface area contributed by atoms with Gasteiger partial charge < -0.3 is 5.32 Å². The monoisotopic (exact) mass is 442 g/mol. The maximum atomic E-state index is 12.6. The van der Waals surface area contributed by atoms with E-state index in [0.29, 0.717) is 5.16 Å². The van der Waals surface area contributed by atoms with Gasteiger partial charge in [0, 0.05) is 16.9 Å². The molecule has 0 fully saturated rings. The number of hydrogen-bond acceptors (Lipinski definition) is 4. The molecule has 0 unspecified atom stereocenters. The van der Waals surface area contributed by atoms with Crippen LogP contribution in [-0.2, 0) is 17.6 Å². The normalized spacial score (nSPS) is 10.8. The fourth-order valence-electron chi connectivity index (χ4n) is 3.40. The van der Waals surface area contributed by atoms with Crippen molar-refractivity contribution in [2.24, 2.45) is 0 Å². The Morgan fingerprint density at radius 2 is 1.47 bits per heavy atom. The molecule has 0 aliphatic carbocycles. The number of carbonyl (C=O) groups excluding carboxylic acids is 1. The number of aryl methyl sites for hydroxylation is 2. The van der Waals surface area contributed by atoms with E-state index in [9.17, 15) is 4.79 Å². The molecule has 5 nitrogen and oxygen atoms in total. The van der Waals surface area contributed by atoms with Crippen molar-refractivity contribution in [1.29, 1.82) is 0 Å². The minimum Gasteiger partial charge on any atom is -0.325 e. The fourth-order valence-corrected chi connectivity index (χ4v) is 4.15. The zero-order valence-corrected chi connectivity index (χ0v) is 19.1. The lowest BCUT2D eigenvalue weighted by Crippen LogP contribution is -2.14. The lowest BCUT2D eigenvalue weighted by atomic mass is 10.1. The summed E-state index contributed by atoms with van der Waals surface area (Å²) in [6.45, 7) is 4.25. The average Bonchev–Trinajstić information content (AvgIpc) is 3.28. The summed E-state index contributed by atoms with van der Waals surface area (Å²) in [5, 5.41) is 12.5. The molecule has 4 rings (SSSR count). The van der Waals surface area contributed by atoms with Crippen molar-refractivity contribution in [2.75, 3.05) is 11.1 Å². The highest BCUT2D eigenvalue weighted by molar-refractivity contribution is 7.99. The average molecular weight is 443 g/mol. The number of benzene rings is 3. The number of thioether (sulfide) groups is 1. The van der Waals surface area contributed by atoms with Gasteiger partial charge in [-0.25, -0.2) is 0 Å². The highest BCUT2D eigenvalue weighted by atomic mass is 32.2. The van der Waals surface area contributed by atoms with E-state index in [2.05, 4.69) is 53.6 Å². The van der Waals surface area contributed by atoms with Crippen molar-refractivity contribution >= 4 is 23.4 Å². The molecule has 1 aromatic heterocycles. The zero-order valence-electron chi connectivity index (χ0n) is 18.3. The second-order valence-corrected chi connectivity index (χ2v) is 8.36. The van der Waals surface area contributed by atoms with Gasteiger partial charge >= 0.3 is 0 Å². The molecule has 6 heteroatoms. The summed E-state index contributed by atoms with van der Waals surface area (Å²) >= 11 is 1.38. The first kappa shape index (κ1) is 21.8. The summed E-state index contributed by atoms with van der Waals surface area (Å²) in [7, 11) is 0. The summed E-state index contributed by atoms with van der Waals surface area (Å²) in [6, 6.07) is 26.3. The number of nitrogens with one attached hydrogen (secondary N) is 1. The van der Waals surface area contributed by atoms with Gasteiger partial charge in [0.25, 0.3) is 0 Å². The van der Waals surface area contributed by atoms with E-state index in [4.69, 9.17) is 0 Å². The van der Waals surface area contributed by atoms with Crippen molar-refractivity contribution in [3.63, 3.8) is 0 Å². The first-order chi connectivity index (χ1) is 15.7. The van der Waals surface area contributed by atoms with E-state index >= 15 is 0 Å². The van der Waals surface area contributed by atoms with E-state index in [1.54, 1.807) is 0 Å². The molecule has 0 bridgehead atoms. The lowest BCUT2D eigenvalue weighted by molar-refractivity contribution is -0.113. The van der Waals surface area contributed by atoms with Gasteiger partial charge in [-0.2, -0.15) is 0 Å². The number of rotatable bonds is 8. The predicted octanol–water partition coefficient (Wildman–Crippen LogP) is 5.79. The van der Waals surface area contributed by atoms with Crippen LogP contribution in [-0.4, -0.2) is 26.4 Å². The first-order valence-corrected chi connectivity index (χ1v) is 11.8. The Labute approximate surface area is 192 Å². The van der Waals surface area contributed by atoms with Crippen LogP contribution in [0.25, 0.3) is 17.1 Å². The van der Waals surface area contributed by atoms with Gasteiger partial charge in [0.15, 0.2) is 11.0 Å². The Bertz CT molecular complexity index is 1170. The molecular weight excluding hydrogens is 416 g/mol. The highest BCUT2D eigenvalue weighted by Gasteiger charge is 2.17. The molecule has 4 aromatic rings. The van der Waals surface area contributed by atoms with E-state index in [-0.39, 0.29) is 11.7 Å². The Kier molecular flexibility index (Phi) is 7.02. The Morgan fingerprint density at radius 3 is 2.09 bits per heavy atom. The minimum absolute atomic E-state index is 0.0728. The van der Waals surface area contributed by atoms with E-state index in [1.165, 1.54) is 22.9 Å². The van der Waals surface area contributed by atoms with Gasteiger partial charge in [0.1, 0.15) is 0 Å². The quantitative estimate of drug-likeness (QED) is 0.351. The van der Waals surface area contributed by atoms with Crippen LogP contribution in [0.1, 0.15) is 25.0 Å². The predicted molar refractivity (Wildman–Crippen MR) is 131 cm³/mol. The Hall–Kier alpha value is -3.38. The van der Waals surface area contributed by atoms with Gasteiger partial charge in [0.2, 0.25) is 5.91 Å². The molecule has 0 saturated heterocycles. The Morgan fingerprint density at radius 1 is 0.844 bits per heavy atom. The number of anilines is 1. The summed E-state index contributed by atoms with van der Waals surface area (Å²) in [5.41, 5.74) is 5.27. The highest BCUT2D eigenvalue weighted by Crippen LogP contribution is 2.28. The van der Waals surface area contributed by atoms with Crippen molar-refractivity contribution < 1.29 is 4.79 Å². The third kappa shape index (κ3) is 5.08. The van der Waals surface area contributed by atoms with Crippen molar-refractivity contribution in [2.45, 2.75) is 31.8 Å². The maximum Gasteiger partial charge on any atom is 0.234 e. The molecular formula is C26H26N4OS. The summed E-state index contributed by atoms with van der Waals surface area (Å²) in [5.74, 6) is 0.930. The lowest BCUT2D eigenvalue weighted by Gasteiger charge is -2.11. The van der Waals surface area contributed by atoms with E-state index < -0.39 is 0 Å². The van der Waals surface area contributed by atoms with Crippen LogP contribution in [0, 0.1) is 0 Å². The van der Waals surface area contributed by atoms with Crippen LogP contribution in [0.15, 0.2) is 84.0 Å². The third-order valence-corrected chi connectivity index (χ3v) is 6.18. The van der Waals surface area contributed by atoms with Crippen LogP contribution < -0.4 is 5.32 Å². The molecule has 1 heterocycles. The molecule has 1 amide bonds. The zero-order chi connectivity index (χ0) is 22.3. The fraction of sp³-hybridized carbons (Fsp3) is 0.192. The van der Waals surface area contributed by atoms with E-state index in [0.717, 1.165) is 35.6 Å². The van der Waals surface area contributed by atoms with Crippen LogP contribution >= 0.6 is 11.8 Å². The molecule has 0 aliphatic heterocycles. The number of amides is 1. The SMILES string of the molecule is CCc1ccc(NC(=O)CSc2nnc(-c3ccccc3)n2-c2ccc(CC)cc2)cc1. The molecule has 162 valence electrons.